The first-order valence-corrected chi connectivity index (χ1v) is 12.1. The number of benzene rings is 2. The molecule has 1 aromatic heterocycles. The van der Waals surface area contributed by atoms with E-state index in [9.17, 15) is 18.0 Å². The van der Waals surface area contributed by atoms with Crippen molar-refractivity contribution in [3.8, 4) is 0 Å². The second kappa shape index (κ2) is 10.6. The van der Waals surface area contributed by atoms with Gasteiger partial charge in [0.25, 0.3) is 0 Å². The molecule has 1 aliphatic rings. The van der Waals surface area contributed by atoms with Gasteiger partial charge in [0.15, 0.2) is 0 Å². The number of carbonyl (C=O) groups is 1. The maximum absolute atomic E-state index is 13.4. The van der Waals surface area contributed by atoms with Gasteiger partial charge >= 0.3 is 6.18 Å². The van der Waals surface area contributed by atoms with E-state index in [0.29, 0.717) is 12.1 Å². The SMILES string of the molecule is CCc1cccc2c(C(CC(=O)NCCN3CCCCC3)c3cccc(C(F)(F)F)c3)c[nH]c12. The zero-order valence-corrected chi connectivity index (χ0v) is 19.5. The van der Waals surface area contributed by atoms with Gasteiger partial charge in [-0.05, 0) is 55.1 Å². The number of amides is 1. The Morgan fingerprint density at radius 3 is 2.62 bits per heavy atom. The highest BCUT2D eigenvalue weighted by atomic mass is 19.4. The molecule has 1 amide bonds. The first-order valence-electron chi connectivity index (χ1n) is 12.1. The number of alkyl halides is 3. The number of carbonyl (C=O) groups excluding carboxylic acids is 1. The van der Waals surface area contributed by atoms with Crippen LogP contribution in [0, 0.1) is 0 Å². The van der Waals surface area contributed by atoms with Crippen LogP contribution in [0.5, 0.6) is 0 Å². The van der Waals surface area contributed by atoms with Crippen LogP contribution in [-0.4, -0.2) is 42.0 Å². The third kappa shape index (κ3) is 5.63. The Labute approximate surface area is 198 Å². The monoisotopic (exact) mass is 471 g/mol. The average Bonchev–Trinajstić information content (AvgIpc) is 3.27. The molecule has 2 N–H and O–H groups in total. The fraction of sp³-hybridized carbons (Fsp3) is 0.444. The van der Waals surface area contributed by atoms with E-state index >= 15 is 0 Å². The normalized spacial score (nSPS) is 16.0. The molecule has 0 spiro atoms. The first kappa shape index (κ1) is 24.3. The molecule has 3 aromatic rings. The van der Waals surface area contributed by atoms with E-state index < -0.39 is 17.7 Å². The summed E-state index contributed by atoms with van der Waals surface area (Å²) in [5.74, 6) is -0.640. The van der Waals surface area contributed by atoms with Crippen LogP contribution < -0.4 is 5.32 Å². The van der Waals surface area contributed by atoms with Crippen LogP contribution in [0.25, 0.3) is 10.9 Å². The summed E-state index contributed by atoms with van der Waals surface area (Å²) in [6.07, 6.45) is 1.96. The van der Waals surface area contributed by atoms with E-state index in [0.717, 1.165) is 54.2 Å². The highest BCUT2D eigenvalue weighted by Gasteiger charge is 2.32. The number of nitrogens with one attached hydrogen (secondary N) is 2. The van der Waals surface area contributed by atoms with Crippen LogP contribution in [0.2, 0.25) is 0 Å². The summed E-state index contributed by atoms with van der Waals surface area (Å²) < 4.78 is 40.3. The molecule has 1 aliphatic heterocycles. The summed E-state index contributed by atoms with van der Waals surface area (Å²) in [7, 11) is 0. The molecule has 182 valence electrons. The zero-order valence-electron chi connectivity index (χ0n) is 19.5. The quantitative estimate of drug-likeness (QED) is 0.432. The smallest absolute Gasteiger partial charge is 0.361 e. The van der Waals surface area contributed by atoms with Crippen molar-refractivity contribution in [1.29, 1.82) is 0 Å². The number of H-pyrrole nitrogens is 1. The third-order valence-corrected chi connectivity index (χ3v) is 6.79. The van der Waals surface area contributed by atoms with Gasteiger partial charge in [-0.15, -0.1) is 0 Å². The molecule has 1 saturated heterocycles. The molecule has 0 bridgehead atoms. The Hall–Kier alpha value is -2.80. The largest absolute Gasteiger partial charge is 0.416 e. The Balaban J connectivity index is 1.59. The molecule has 34 heavy (non-hydrogen) atoms. The summed E-state index contributed by atoms with van der Waals surface area (Å²) in [6, 6.07) is 11.3. The van der Waals surface area contributed by atoms with Crippen LogP contribution in [0.4, 0.5) is 13.2 Å². The molecule has 1 unspecified atom stereocenters. The second-order valence-electron chi connectivity index (χ2n) is 9.07. The van der Waals surface area contributed by atoms with Crippen molar-refractivity contribution >= 4 is 16.8 Å². The topological polar surface area (TPSA) is 48.1 Å². The van der Waals surface area contributed by atoms with Crippen LogP contribution >= 0.6 is 0 Å². The van der Waals surface area contributed by atoms with E-state index in [1.807, 2.05) is 24.4 Å². The maximum atomic E-state index is 13.4. The zero-order chi connectivity index (χ0) is 24.1. The van der Waals surface area contributed by atoms with Crippen LogP contribution in [0.15, 0.2) is 48.7 Å². The number of nitrogens with zero attached hydrogens (tertiary/aromatic N) is 1. The average molecular weight is 472 g/mol. The van der Waals surface area contributed by atoms with Crippen molar-refractivity contribution in [3.05, 3.63) is 70.9 Å². The molecule has 0 aliphatic carbocycles. The number of likely N-dealkylation sites (tertiary alicyclic amines) is 1. The first-order chi connectivity index (χ1) is 16.4. The van der Waals surface area contributed by atoms with Crippen molar-refractivity contribution < 1.29 is 18.0 Å². The van der Waals surface area contributed by atoms with Crippen LogP contribution in [-0.2, 0) is 17.4 Å². The molecular weight excluding hydrogens is 439 g/mol. The molecule has 0 radical (unpaired) electrons. The lowest BCUT2D eigenvalue weighted by molar-refractivity contribution is -0.137. The van der Waals surface area contributed by atoms with Crippen molar-refractivity contribution in [2.24, 2.45) is 0 Å². The fourth-order valence-electron chi connectivity index (χ4n) is 4.95. The Morgan fingerprint density at radius 1 is 1.12 bits per heavy atom. The van der Waals surface area contributed by atoms with Crippen molar-refractivity contribution in [3.63, 3.8) is 0 Å². The van der Waals surface area contributed by atoms with Gasteiger partial charge < -0.3 is 15.2 Å². The van der Waals surface area contributed by atoms with Crippen LogP contribution in [0.3, 0.4) is 0 Å². The number of rotatable bonds is 8. The number of hydrogen-bond donors (Lipinski definition) is 2. The Morgan fingerprint density at radius 2 is 1.88 bits per heavy atom. The van der Waals surface area contributed by atoms with E-state index in [4.69, 9.17) is 0 Å². The lowest BCUT2D eigenvalue weighted by Crippen LogP contribution is -2.38. The summed E-state index contributed by atoms with van der Waals surface area (Å²) in [4.78, 5) is 18.6. The van der Waals surface area contributed by atoms with Gasteiger partial charge in [0, 0.05) is 42.5 Å². The molecule has 1 atom stereocenters. The Kier molecular flexibility index (Phi) is 7.61. The van der Waals surface area contributed by atoms with E-state index in [1.54, 1.807) is 6.07 Å². The van der Waals surface area contributed by atoms with Gasteiger partial charge in [-0.3, -0.25) is 4.79 Å². The van der Waals surface area contributed by atoms with Gasteiger partial charge in [-0.25, -0.2) is 0 Å². The summed E-state index contributed by atoms with van der Waals surface area (Å²) in [5.41, 5.74) is 2.74. The number of aromatic nitrogens is 1. The van der Waals surface area contributed by atoms with Gasteiger partial charge in [0.1, 0.15) is 0 Å². The molecular formula is C27H32F3N3O. The van der Waals surface area contributed by atoms with Gasteiger partial charge in [0.2, 0.25) is 5.91 Å². The van der Waals surface area contributed by atoms with E-state index in [-0.39, 0.29) is 12.3 Å². The number of aryl methyl sites for hydroxylation is 1. The lowest BCUT2D eigenvalue weighted by Gasteiger charge is -2.26. The van der Waals surface area contributed by atoms with Crippen molar-refractivity contribution in [1.82, 2.24) is 15.2 Å². The van der Waals surface area contributed by atoms with Gasteiger partial charge in [-0.1, -0.05) is 49.7 Å². The molecule has 4 rings (SSSR count). The minimum absolute atomic E-state index is 0.0879. The third-order valence-electron chi connectivity index (χ3n) is 6.79. The summed E-state index contributed by atoms with van der Waals surface area (Å²) >= 11 is 0. The van der Waals surface area contributed by atoms with E-state index in [1.165, 1.54) is 31.4 Å². The highest BCUT2D eigenvalue weighted by molar-refractivity contribution is 5.88. The van der Waals surface area contributed by atoms with E-state index in [2.05, 4.69) is 22.1 Å². The predicted octanol–water partition coefficient (Wildman–Crippen LogP) is 5.87. The highest BCUT2D eigenvalue weighted by Crippen LogP contribution is 2.37. The number of piperidine rings is 1. The Bertz CT molecular complexity index is 1120. The number of halogens is 3. The summed E-state index contributed by atoms with van der Waals surface area (Å²) in [5, 5.41) is 3.94. The van der Waals surface area contributed by atoms with Crippen LogP contribution in [0.1, 0.15) is 60.8 Å². The fourth-order valence-corrected chi connectivity index (χ4v) is 4.95. The molecule has 2 heterocycles. The number of hydrogen-bond acceptors (Lipinski definition) is 2. The number of para-hydroxylation sites is 1. The molecule has 1 fully saturated rings. The lowest BCUT2D eigenvalue weighted by atomic mass is 9.86. The minimum Gasteiger partial charge on any atom is -0.361 e. The standard InChI is InChI=1S/C27H32F3N3O/c1-2-19-8-7-11-22-24(18-32-26(19)22)23(20-9-6-10-21(16-20)27(28,29)30)17-25(34)31-12-15-33-13-4-3-5-14-33/h6-11,16,18,23,32H,2-5,12-15,17H2,1H3,(H,31,34). The molecule has 0 saturated carbocycles. The minimum atomic E-state index is -4.44. The summed E-state index contributed by atoms with van der Waals surface area (Å²) in [6.45, 7) is 5.51. The van der Waals surface area contributed by atoms with Gasteiger partial charge in [-0.2, -0.15) is 13.2 Å². The van der Waals surface area contributed by atoms with Crippen molar-refractivity contribution in [2.75, 3.05) is 26.2 Å². The van der Waals surface area contributed by atoms with Gasteiger partial charge in [0.05, 0.1) is 5.56 Å². The molecule has 4 nitrogen and oxygen atoms in total. The van der Waals surface area contributed by atoms with Crippen molar-refractivity contribution in [2.45, 2.75) is 51.1 Å². The molecule has 7 heteroatoms. The maximum Gasteiger partial charge on any atom is 0.416 e. The number of aromatic amines is 1. The second-order valence-corrected chi connectivity index (χ2v) is 9.07. The molecule has 2 aromatic carbocycles. The number of fused-ring (bicyclic) bond motifs is 1. The predicted molar refractivity (Wildman–Crippen MR) is 129 cm³/mol.